The molecule has 0 aliphatic heterocycles. The van der Waals surface area contributed by atoms with Crippen molar-refractivity contribution in [3.05, 3.63) is 109 Å². The number of benzene rings is 3. The Labute approximate surface area is 209 Å². The summed E-state index contributed by atoms with van der Waals surface area (Å²) in [5, 5.41) is 10.6. The van der Waals surface area contributed by atoms with E-state index in [1.54, 1.807) is 6.07 Å². The van der Waals surface area contributed by atoms with Crippen LogP contribution < -0.4 is 0 Å². The smallest absolute Gasteiger partial charge is 0.144 e. The van der Waals surface area contributed by atoms with E-state index in [-0.39, 0.29) is 5.75 Å². The summed E-state index contributed by atoms with van der Waals surface area (Å²) in [4.78, 5) is 14.2. The molecule has 0 saturated heterocycles. The predicted octanol–water partition coefficient (Wildman–Crippen LogP) is 7.05. The van der Waals surface area contributed by atoms with E-state index in [2.05, 4.69) is 40.3 Å². The van der Waals surface area contributed by atoms with Gasteiger partial charge in [-0.3, -0.25) is 9.97 Å². The molecule has 0 spiro atoms. The summed E-state index contributed by atoms with van der Waals surface area (Å²) in [5.41, 5.74) is 9.58. The number of imidazole rings is 1. The lowest BCUT2D eigenvalue weighted by Gasteiger charge is -2.11. The fourth-order valence-corrected chi connectivity index (χ4v) is 4.64. The van der Waals surface area contributed by atoms with Crippen molar-refractivity contribution < 1.29 is 5.11 Å². The highest BCUT2D eigenvalue weighted by molar-refractivity contribution is 5.95. The second-order valence-electron chi connectivity index (χ2n) is 8.95. The molecule has 0 saturated carbocycles. The van der Waals surface area contributed by atoms with Crippen LogP contribution in [0.2, 0.25) is 0 Å². The average molecular weight is 469 g/mol. The highest BCUT2D eigenvalue weighted by Gasteiger charge is 2.18. The minimum Gasteiger partial charge on any atom is -0.507 e. The van der Waals surface area contributed by atoms with Gasteiger partial charge in [-0.05, 0) is 66.1 Å². The van der Waals surface area contributed by atoms with Crippen molar-refractivity contribution in [2.24, 2.45) is 7.05 Å². The molecule has 0 radical (unpaired) electrons. The molecule has 5 nitrogen and oxygen atoms in total. The Bertz CT molecular complexity index is 1650. The third-order valence-electron chi connectivity index (χ3n) is 6.50. The summed E-state index contributed by atoms with van der Waals surface area (Å²) >= 11 is 0. The average Bonchev–Trinajstić information content (AvgIpc) is 3.27. The highest BCUT2D eigenvalue weighted by atomic mass is 16.3. The minimum atomic E-state index is 0.206. The van der Waals surface area contributed by atoms with Crippen LogP contribution >= 0.6 is 0 Å². The lowest BCUT2D eigenvalue weighted by molar-refractivity contribution is 0.476. The first-order chi connectivity index (χ1) is 17.6. The van der Waals surface area contributed by atoms with Gasteiger partial charge in [0.05, 0.1) is 23.0 Å². The zero-order valence-corrected chi connectivity index (χ0v) is 20.1. The number of aryl methyl sites for hydroxylation is 2. The highest BCUT2D eigenvalue weighted by Crippen LogP contribution is 2.37. The van der Waals surface area contributed by atoms with Crippen LogP contribution in [-0.4, -0.2) is 24.6 Å². The molecule has 174 valence electrons. The molecule has 0 bridgehead atoms. The number of aromatic nitrogens is 4. The molecule has 0 fully saturated rings. The Balaban J connectivity index is 1.59. The first-order valence-corrected chi connectivity index (χ1v) is 11.8. The molecule has 0 aliphatic rings. The molecule has 5 heteroatoms. The summed E-state index contributed by atoms with van der Waals surface area (Å²) in [6, 6.07) is 28.3. The van der Waals surface area contributed by atoms with E-state index in [9.17, 15) is 5.11 Å². The van der Waals surface area contributed by atoms with Crippen LogP contribution in [0.1, 0.15) is 5.56 Å². The van der Waals surface area contributed by atoms with Crippen LogP contribution in [0.4, 0.5) is 0 Å². The Morgan fingerprint density at radius 1 is 0.722 bits per heavy atom. The topological polar surface area (TPSA) is 63.8 Å². The third kappa shape index (κ3) is 3.81. The second kappa shape index (κ2) is 8.78. The van der Waals surface area contributed by atoms with Crippen LogP contribution in [0.25, 0.3) is 55.9 Å². The monoisotopic (exact) mass is 468 g/mol. The normalized spacial score (nSPS) is 11.2. The fourth-order valence-electron chi connectivity index (χ4n) is 4.64. The van der Waals surface area contributed by atoms with E-state index in [1.807, 2.05) is 85.7 Å². The van der Waals surface area contributed by atoms with Crippen molar-refractivity contribution in [2.75, 3.05) is 0 Å². The van der Waals surface area contributed by atoms with Crippen LogP contribution in [0.5, 0.6) is 5.75 Å². The van der Waals surface area contributed by atoms with Gasteiger partial charge in [0.1, 0.15) is 17.1 Å². The molecule has 1 N–H and O–H groups in total. The van der Waals surface area contributed by atoms with E-state index < -0.39 is 0 Å². The van der Waals surface area contributed by atoms with Crippen molar-refractivity contribution in [1.29, 1.82) is 0 Å². The largest absolute Gasteiger partial charge is 0.507 e. The van der Waals surface area contributed by atoms with Crippen LogP contribution in [0, 0.1) is 6.92 Å². The number of fused-ring (bicyclic) bond motifs is 1. The van der Waals surface area contributed by atoms with Crippen LogP contribution in [0.15, 0.2) is 104 Å². The number of aromatic hydroxyl groups is 1. The van der Waals surface area contributed by atoms with Gasteiger partial charge in [0, 0.05) is 30.6 Å². The van der Waals surface area contributed by atoms with Gasteiger partial charge in [-0.2, -0.15) is 0 Å². The van der Waals surface area contributed by atoms with Crippen molar-refractivity contribution in [1.82, 2.24) is 19.5 Å². The summed E-state index contributed by atoms with van der Waals surface area (Å²) < 4.78 is 1.99. The van der Waals surface area contributed by atoms with Gasteiger partial charge < -0.3 is 9.67 Å². The first kappa shape index (κ1) is 21.7. The quantitative estimate of drug-likeness (QED) is 0.301. The summed E-state index contributed by atoms with van der Waals surface area (Å²) in [6.45, 7) is 2.01. The molecular weight excluding hydrogens is 444 g/mol. The van der Waals surface area contributed by atoms with Gasteiger partial charge >= 0.3 is 0 Å². The molecule has 6 rings (SSSR count). The molecule has 3 aromatic heterocycles. The Morgan fingerprint density at radius 3 is 2.31 bits per heavy atom. The van der Waals surface area contributed by atoms with E-state index in [0.29, 0.717) is 11.4 Å². The van der Waals surface area contributed by atoms with Crippen molar-refractivity contribution in [3.8, 4) is 50.6 Å². The van der Waals surface area contributed by atoms with Gasteiger partial charge in [-0.1, -0.05) is 48.0 Å². The van der Waals surface area contributed by atoms with Gasteiger partial charge in [0.15, 0.2) is 0 Å². The number of nitrogens with zero attached hydrogens (tertiary/aromatic N) is 4. The molecule has 36 heavy (non-hydrogen) atoms. The number of hydrogen-bond donors (Lipinski definition) is 1. The molecule has 0 amide bonds. The maximum absolute atomic E-state index is 10.6. The summed E-state index contributed by atoms with van der Waals surface area (Å²) in [5.74, 6) is 0.904. The van der Waals surface area contributed by atoms with E-state index >= 15 is 0 Å². The van der Waals surface area contributed by atoms with E-state index in [1.165, 1.54) is 0 Å². The number of pyridine rings is 2. The maximum atomic E-state index is 10.6. The lowest BCUT2D eigenvalue weighted by Crippen LogP contribution is -1.93. The zero-order valence-electron chi connectivity index (χ0n) is 20.1. The Kier molecular flexibility index (Phi) is 5.30. The molecule has 0 unspecified atom stereocenters. The molecule has 3 aromatic carbocycles. The van der Waals surface area contributed by atoms with Crippen LogP contribution in [0.3, 0.4) is 0 Å². The number of phenols is 1. The zero-order chi connectivity index (χ0) is 24.6. The minimum absolute atomic E-state index is 0.206. The van der Waals surface area contributed by atoms with E-state index in [4.69, 9.17) is 4.98 Å². The first-order valence-electron chi connectivity index (χ1n) is 11.8. The third-order valence-corrected chi connectivity index (χ3v) is 6.50. The predicted molar refractivity (Wildman–Crippen MR) is 144 cm³/mol. The fraction of sp³-hybridized carbons (Fsp3) is 0.0645. The second-order valence-corrected chi connectivity index (χ2v) is 8.95. The Hall–Kier alpha value is -4.77. The molecular formula is C31H24N4O. The maximum Gasteiger partial charge on any atom is 0.144 e. The van der Waals surface area contributed by atoms with E-state index in [0.717, 1.165) is 50.1 Å². The molecule has 0 atom stereocenters. The van der Waals surface area contributed by atoms with Gasteiger partial charge in [0.2, 0.25) is 0 Å². The van der Waals surface area contributed by atoms with Gasteiger partial charge in [-0.15, -0.1) is 0 Å². The molecule has 0 aliphatic carbocycles. The molecule has 3 heterocycles. The summed E-state index contributed by atoms with van der Waals surface area (Å²) in [6.07, 6.45) is 5.50. The SMILES string of the molecule is Cc1ccc(O)c(-c2nc3c(-c4cc(-c5ccccc5)cc(-c5ccccn5)c4)cncc3n2C)c1. The number of phenolic OH excluding ortho intramolecular Hbond substituents is 1. The summed E-state index contributed by atoms with van der Waals surface area (Å²) in [7, 11) is 1.96. The number of hydrogen-bond acceptors (Lipinski definition) is 4. The van der Waals surface area contributed by atoms with Crippen LogP contribution in [-0.2, 0) is 7.05 Å². The standard InChI is InChI=1S/C31H24N4O/c1-20-11-12-29(36)25(14-20)31-34-30-26(18-32-19-28(30)35(31)2)23-15-22(21-8-4-3-5-9-21)16-24(17-23)27-10-6-7-13-33-27/h3-19,36H,1-2H3. The molecule has 6 aromatic rings. The van der Waals surface area contributed by atoms with Crippen molar-refractivity contribution in [2.45, 2.75) is 6.92 Å². The lowest BCUT2D eigenvalue weighted by atomic mass is 9.95. The van der Waals surface area contributed by atoms with Gasteiger partial charge in [-0.25, -0.2) is 4.98 Å². The van der Waals surface area contributed by atoms with Gasteiger partial charge in [0.25, 0.3) is 0 Å². The van der Waals surface area contributed by atoms with Crippen molar-refractivity contribution >= 4 is 11.0 Å². The Morgan fingerprint density at radius 2 is 1.50 bits per heavy atom. The number of rotatable bonds is 4. The van der Waals surface area contributed by atoms with Crippen molar-refractivity contribution in [3.63, 3.8) is 0 Å².